The quantitative estimate of drug-likeness (QED) is 0.0195. The first-order valence-corrected chi connectivity index (χ1v) is 38.7. The van der Waals surface area contributed by atoms with E-state index in [2.05, 4.69) is 135 Å². The molecule has 0 rings (SSSR count). The fourth-order valence-electron chi connectivity index (χ4n) is 10.4. The van der Waals surface area contributed by atoms with Crippen molar-refractivity contribution in [2.45, 2.75) is 328 Å². The molecule has 0 spiro atoms. The normalized spacial score (nSPS) is 13.8. The van der Waals surface area contributed by atoms with Gasteiger partial charge in [-0.25, -0.2) is 0 Å². The molecule has 0 saturated carbocycles. The van der Waals surface area contributed by atoms with Crippen LogP contribution >= 0.6 is 7.82 Å². The Morgan fingerprint density at radius 1 is 0.344 bits per heavy atom. The summed E-state index contributed by atoms with van der Waals surface area (Å²) in [4.78, 5) is 38.1. The van der Waals surface area contributed by atoms with Crippen LogP contribution in [0.3, 0.4) is 0 Å². The summed E-state index contributed by atoms with van der Waals surface area (Å²) in [5.41, 5.74) is 0. The number of carbonyl (C=O) groups is 2. The minimum Gasteiger partial charge on any atom is -0.756 e. The Balaban J connectivity index is 4.00. The highest BCUT2D eigenvalue weighted by molar-refractivity contribution is 7.45. The van der Waals surface area contributed by atoms with Crippen LogP contribution in [0.2, 0.25) is 0 Å². The summed E-state index contributed by atoms with van der Waals surface area (Å²) in [6, 6.07) is 0. The second-order valence-corrected chi connectivity index (χ2v) is 27.3. The molecule has 9 nitrogen and oxygen atoms in total. The third-order valence-corrected chi connectivity index (χ3v) is 16.9. The number of nitrogens with zero attached hydrogens (tertiary/aromatic N) is 1. The number of phosphoric ester groups is 1. The van der Waals surface area contributed by atoms with Crippen LogP contribution in [0.15, 0.2) is 122 Å². The Morgan fingerprint density at radius 2 is 0.600 bits per heavy atom. The van der Waals surface area contributed by atoms with Gasteiger partial charge in [-0.1, -0.05) is 328 Å². The van der Waals surface area contributed by atoms with E-state index in [1.165, 1.54) is 186 Å². The topological polar surface area (TPSA) is 111 Å². The molecule has 0 bridgehead atoms. The SMILES string of the molecule is CC/C=C\C/C=C\C/C=C\C/C=C\C/C=C\CCCCCCCCCCCCCCCCCCCC(=O)OCC(COP(=O)([O-])OCC[N+](C)(C)C)OC(=O)CCCCCCCCCCCCCCCCCCC/C=C\C/C=C\C/C=C\C/C=C\C/C=C\CC. The molecule has 0 aromatic rings. The molecule has 0 aliphatic rings. The molecule has 0 saturated heterocycles. The molecule has 0 aromatic heterocycles. The minimum absolute atomic E-state index is 0.0332. The van der Waals surface area contributed by atoms with E-state index in [0.29, 0.717) is 17.4 Å². The highest BCUT2D eigenvalue weighted by Gasteiger charge is 2.22. The lowest BCUT2D eigenvalue weighted by Crippen LogP contribution is -2.37. The number of carbonyl (C=O) groups excluding carboxylic acids is 2. The Kier molecular flexibility index (Phi) is 67.0. The molecular weight excluding hydrogens is 1130 g/mol. The van der Waals surface area contributed by atoms with Crippen molar-refractivity contribution in [2.75, 3.05) is 47.5 Å². The summed E-state index contributed by atoms with van der Waals surface area (Å²) in [6.45, 7) is 4.05. The van der Waals surface area contributed by atoms with Gasteiger partial charge in [0.05, 0.1) is 27.7 Å². The number of hydrogen-bond acceptors (Lipinski definition) is 8. The molecule has 10 heteroatoms. The number of rotatable bonds is 68. The summed E-state index contributed by atoms with van der Waals surface area (Å²) >= 11 is 0. The molecule has 0 fully saturated rings. The first-order chi connectivity index (χ1) is 44.0. The fraction of sp³-hybridized carbons (Fsp3) is 0.725. The van der Waals surface area contributed by atoms with Crippen molar-refractivity contribution >= 4 is 19.8 Å². The van der Waals surface area contributed by atoms with Crippen molar-refractivity contribution in [3.8, 4) is 0 Å². The van der Waals surface area contributed by atoms with Gasteiger partial charge in [-0.3, -0.25) is 14.2 Å². The average molecular weight is 1270 g/mol. The van der Waals surface area contributed by atoms with Gasteiger partial charge in [0.1, 0.15) is 19.8 Å². The molecule has 0 heterocycles. The largest absolute Gasteiger partial charge is 0.756 e. The number of esters is 2. The Bertz CT molecular complexity index is 1940. The van der Waals surface area contributed by atoms with Crippen LogP contribution in [0.1, 0.15) is 322 Å². The molecule has 0 aliphatic heterocycles. The van der Waals surface area contributed by atoms with Crippen LogP contribution in [-0.4, -0.2) is 70.0 Å². The van der Waals surface area contributed by atoms with E-state index in [1.54, 1.807) is 0 Å². The monoisotopic (exact) mass is 1270 g/mol. The van der Waals surface area contributed by atoms with E-state index in [-0.39, 0.29) is 32.0 Å². The second-order valence-electron chi connectivity index (χ2n) is 25.9. The predicted octanol–water partition coefficient (Wildman–Crippen LogP) is 24.0. The van der Waals surface area contributed by atoms with Crippen LogP contribution in [-0.2, 0) is 32.7 Å². The van der Waals surface area contributed by atoms with E-state index >= 15 is 0 Å². The van der Waals surface area contributed by atoms with E-state index in [9.17, 15) is 19.0 Å². The minimum atomic E-state index is -4.65. The molecule has 0 aromatic carbocycles. The summed E-state index contributed by atoms with van der Waals surface area (Å²) < 4.78 is 34.4. The number of likely N-dealkylation sites (N-methyl/N-ethyl adjacent to an activating group) is 1. The number of allylic oxidation sites excluding steroid dienone is 20. The van der Waals surface area contributed by atoms with E-state index in [1.807, 2.05) is 21.1 Å². The predicted molar refractivity (Wildman–Crippen MR) is 388 cm³/mol. The van der Waals surface area contributed by atoms with Gasteiger partial charge in [-0.15, -0.1) is 0 Å². The number of unbranched alkanes of at least 4 members (excludes halogenated alkanes) is 34. The Hall–Kier alpha value is -3.59. The first-order valence-electron chi connectivity index (χ1n) is 37.2. The van der Waals surface area contributed by atoms with Gasteiger partial charge >= 0.3 is 11.9 Å². The Morgan fingerprint density at radius 3 is 0.889 bits per heavy atom. The smallest absolute Gasteiger partial charge is 0.306 e. The van der Waals surface area contributed by atoms with E-state index in [0.717, 1.165) is 103 Å². The maximum atomic E-state index is 12.9. The number of quaternary nitrogens is 1. The van der Waals surface area contributed by atoms with Crippen molar-refractivity contribution in [3.05, 3.63) is 122 Å². The summed E-state index contributed by atoms with van der Waals surface area (Å²) in [7, 11) is 1.17. The molecule has 2 atom stereocenters. The molecule has 0 N–H and O–H groups in total. The highest BCUT2D eigenvalue weighted by Crippen LogP contribution is 2.38. The Labute approximate surface area is 556 Å². The lowest BCUT2D eigenvalue weighted by molar-refractivity contribution is -0.870. The van der Waals surface area contributed by atoms with Crippen LogP contribution in [0.4, 0.5) is 0 Å². The van der Waals surface area contributed by atoms with Crippen molar-refractivity contribution in [1.29, 1.82) is 0 Å². The standard InChI is InChI=1S/C80H140NO8P/c1-6-8-10-12-14-16-18-20-22-24-26-28-30-32-34-36-38-40-42-44-46-48-50-52-54-56-58-60-62-64-66-68-70-72-79(82)86-76-78(77-88-90(84,85)87-75-74-81(3,4)5)89-80(83)73-71-69-67-65-63-61-59-57-55-53-51-49-47-45-43-41-39-37-35-33-31-29-27-25-23-21-19-17-15-13-11-9-7-2/h8-11,14-17,20-23,26-29,32-35,78H,6-7,12-13,18-19,24-25,30-31,36-77H2,1-5H3/b10-8-,11-9-,16-14-,17-15-,22-20-,23-21-,28-26-,29-27-,34-32-,35-33-. The van der Waals surface area contributed by atoms with Crippen molar-refractivity contribution in [2.24, 2.45) is 0 Å². The fourth-order valence-corrected chi connectivity index (χ4v) is 11.1. The molecule has 2 unspecified atom stereocenters. The van der Waals surface area contributed by atoms with Crippen molar-refractivity contribution < 1.29 is 42.1 Å². The zero-order valence-corrected chi connectivity index (χ0v) is 59.9. The lowest BCUT2D eigenvalue weighted by atomic mass is 10.0. The van der Waals surface area contributed by atoms with E-state index < -0.39 is 26.5 Å². The summed E-state index contributed by atoms with van der Waals surface area (Å²) in [5.74, 6) is -0.824. The maximum absolute atomic E-state index is 12.9. The summed E-state index contributed by atoms with van der Waals surface area (Å²) in [5, 5.41) is 0. The van der Waals surface area contributed by atoms with Crippen LogP contribution < -0.4 is 4.89 Å². The van der Waals surface area contributed by atoms with E-state index in [4.69, 9.17) is 18.5 Å². The molecule has 518 valence electrons. The van der Waals surface area contributed by atoms with Gasteiger partial charge < -0.3 is 27.9 Å². The maximum Gasteiger partial charge on any atom is 0.306 e. The molecule has 0 amide bonds. The van der Waals surface area contributed by atoms with Crippen molar-refractivity contribution in [1.82, 2.24) is 0 Å². The van der Waals surface area contributed by atoms with Gasteiger partial charge in [-0.2, -0.15) is 0 Å². The number of ether oxygens (including phenoxy) is 2. The van der Waals surface area contributed by atoms with Gasteiger partial charge in [0.25, 0.3) is 7.82 Å². The highest BCUT2D eigenvalue weighted by atomic mass is 31.2. The number of hydrogen-bond donors (Lipinski definition) is 0. The van der Waals surface area contributed by atoms with Crippen molar-refractivity contribution in [3.63, 3.8) is 0 Å². The first kappa shape index (κ1) is 86.4. The van der Waals surface area contributed by atoms with Gasteiger partial charge in [0.2, 0.25) is 0 Å². The molecular formula is C80H140NO8P. The van der Waals surface area contributed by atoms with Gasteiger partial charge in [0.15, 0.2) is 6.10 Å². The second kappa shape index (κ2) is 69.7. The van der Waals surface area contributed by atoms with Gasteiger partial charge in [-0.05, 0) is 103 Å². The zero-order chi connectivity index (χ0) is 65.5. The zero-order valence-electron chi connectivity index (χ0n) is 59.1. The molecule has 0 radical (unpaired) electrons. The lowest BCUT2D eigenvalue weighted by Gasteiger charge is -2.28. The molecule has 90 heavy (non-hydrogen) atoms. The third-order valence-electron chi connectivity index (χ3n) is 16.0. The molecule has 0 aliphatic carbocycles. The van der Waals surface area contributed by atoms with Crippen LogP contribution in [0.25, 0.3) is 0 Å². The summed E-state index contributed by atoms with van der Waals surface area (Å²) in [6.07, 6.45) is 100. The van der Waals surface area contributed by atoms with Gasteiger partial charge in [0, 0.05) is 12.8 Å². The third kappa shape index (κ3) is 73.5. The number of phosphoric acid groups is 1. The van der Waals surface area contributed by atoms with Crippen LogP contribution in [0.5, 0.6) is 0 Å². The van der Waals surface area contributed by atoms with Crippen LogP contribution in [0, 0.1) is 0 Å². The average Bonchev–Trinajstić information content (AvgIpc) is 3.56.